The SMILES string of the molecule is CS(=O)(=O)N1C2CCCC1COC2. The Morgan fingerprint density at radius 1 is 1.23 bits per heavy atom. The van der Waals surface area contributed by atoms with Crippen LogP contribution in [0, 0.1) is 0 Å². The fraction of sp³-hybridized carbons (Fsp3) is 1.00. The Hall–Kier alpha value is -0.130. The molecular formula is C8H15NO3S. The van der Waals surface area contributed by atoms with E-state index in [0.29, 0.717) is 13.2 Å². The van der Waals surface area contributed by atoms with Gasteiger partial charge >= 0.3 is 0 Å². The number of rotatable bonds is 1. The summed E-state index contributed by atoms with van der Waals surface area (Å²) in [5, 5.41) is 0. The van der Waals surface area contributed by atoms with Gasteiger partial charge in [-0.1, -0.05) is 6.42 Å². The third-order valence-corrected chi connectivity index (χ3v) is 4.16. The molecule has 76 valence electrons. The summed E-state index contributed by atoms with van der Waals surface area (Å²) in [5.41, 5.74) is 0. The first-order chi connectivity index (χ1) is 6.09. The molecule has 2 aliphatic heterocycles. The van der Waals surface area contributed by atoms with Crippen molar-refractivity contribution in [3.63, 3.8) is 0 Å². The second-order valence-corrected chi connectivity index (χ2v) is 5.76. The van der Waals surface area contributed by atoms with E-state index in [1.807, 2.05) is 0 Å². The Morgan fingerprint density at radius 2 is 1.77 bits per heavy atom. The number of hydrogen-bond acceptors (Lipinski definition) is 3. The number of hydrogen-bond donors (Lipinski definition) is 0. The number of ether oxygens (including phenoxy) is 1. The predicted octanol–water partition coefficient (Wildman–Crippen LogP) is 0.199. The van der Waals surface area contributed by atoms with Crippen LogP contribution in [0.1, 0.15) is 19.3 Å². The Morgan fingerprint density at radius 3 is 2.15 bits per heavy atom. The van der Waals surface area contributed by atoms with Gasteiger partial charge in [0.1, 0.15) is 0 Å². The molecule has 2 fully saturated rings. The van der Waals surface area contributed by atoms with Crippen LogP contribution in [0.3, 0.4) is 0 Å². The molecule has 2 unspecified atom stereocenters. The zero-order chi connectivity index (χ0) is 9.47. The number of nitrogens with zero attached hydrogens (tertiary/aromatic N) is 1. The third kappa shape index (κ3) is 1.73. The van der Waals surface area contributed by atoms with Crippen molar-refractivity contribution in [3.05, 3.63) is 0 Å². The molecule has 13 heavy (non-hydrogen) atoms. The minimum Gasteiger partial charge on any atom is -0.378 e. The van der Waals surface area contributed by atoms with E-state index in [1.54, 1.807) is 4.31 Å². The summed E-state index contributed by atoms with van der Waals surface area (Å²) in [4.78, 5) is 0. The van der Waals surface area contributed by atoms with Gasteiger partial charge in [-0.15, -0.1) is 0 Å². The lowest BCUT2D eigenvalue weighted by molar-refractivity contribution is -0.0294. The first-order valence-corrected chi connectivity index (χ1v) is 6.50. The van der Waals surface area contributed by atoms with Gasteiger partial charge in [0.2, 0.25) is 10.0 Å². The minimum atomic E-state index is -3.03. The number of sulfonamides is 1. The Labute approximate surface area is 78.9 Å². The van der Waals surface area contributed by atoms with E-state index in [1.165, 1.54) is 6.26 Å². The molecule has 2 atom stereocenters. The molecule has 5 heteroatoms. The normalized spacial score (nSPS) is 36.1. The van der Waals surface area contributed by atoms with E-state index in [9.17, 15) is 8.42 Å². The molecule has 2 rings (SSSR count). The number of fused-ring (bicyclic) bond motifs is 2. The van der Waals surface area contributed by atoms with Crippen LogP contribution in [0.4, 0.5) is 0 Å². The van der Waals surface area contributed by atoms with Crippen LogP contribution in [-0.4, -0.2) is 44.3 Å². The molecule has 2 saturated heterocycles. The molecule has 2 aliphatic rings. The van der Waals surface area contributed by atoms with Crippen molar-refractivity contribution >= 4 is 10.0 Å². The van der Waals surface area contributed by atoms with Crippen molar-refractivity contribution in [2.75, 3.05) is 19.5 Å². The minimum absolute atomic E-state index is 0.0995. The van der Waals surface area contributed by atoms with Crippen LogP contribution in [0.2, 0.25) is 0 Å². The lowest BCUT2D eigenvalue weighted by Gasteiger charge is -2.43. The largest absolute Gasteiger partial charge is 0.378 e. The molecule has 0 amide bonds. The van der Waals surface area contributed by atoms with Crippen molar-refractivity contribution in [2.45, 2.75) is 31.3 Å². The fourth-order valence-corrected chi connectivity index (χ4v) is 3.75. The van der Waals surface area contributed by atoms with Gasteiger partial charge in [-0.3, -0.25) is 0 Å². The molecule has 2 heterocycles. The molecule has 0 N–H and O–H groups in total. The van der Waals surface area contributed by atoms with Gasteiger partial charge in [-0.25, -0.2) is 8.42 Å². The molecule has 0 radical (unpaired) electrons. The van der Waals surface area contributed by atoms with Gasteiger partial charge in [-0.05, 0) is 12.8 Å². The highest BCUT2D eigenvalue weighted by molar-refractivity contribution is 7.88. The molecule has 0 aromatic heterocycles. The van der Waals surface area contributed by atoms with Gasteiger partial charge in [0.05, 0.1) is 19.5 Å². The molecule has 0 saturated carbocycles. The zero-order valence-electron chi connectivity index (χ0n) is 7.77. The molecule has 2 bridgehead atoms. The first-order valence-electron chi connectivity index (χ1n) is 4.65. The van der Waals surface area contributed by atoms with E-state index in [-0.39, 0.29) is 12.1 Å². The lowest BCUT2D eigenvalue weighted by Crippen LogP contribution is -2.56. The molecule has 4 nitrogen and oxygen atoms in total. The zero-order valence-corrected chi connectivity index (χ0v) is 8.59. The third-order valence-electron chi connectivity index (χ3n) is 2.80. The maximum atomic E-state index is 11.5. The Balaban J connectivity index is 2.25. The van der Waals surface area contributed by atoms with E-state index in [0.717, 1.165) is 19.3 Å². The summed E-state index contributed by atoms with van der Waals surface area (Å²) in [5.74, 6) is 0. The van der Waals surface area contributed by atoms with E-state index in [2.05, 4.69) is 0 Å². The average molecular weight is 205 g/mol. The van der Waals surface area contributed by atoms with Crippen LogP contribution >= 0.6 is 0 Å². The van der Waals surface area contributed by atoms with Crippen molar-refractivity contribution < 1.29 is 13.2 Å². The van der Waals surface area contributed by atoms with E-state index in [4.69, 9.17) is 4.74 Å². The molecule has 0 aliphatic carbocycles. The van der Waals surface area contributed by atoms with Crippen molar-refractivity contribution in [2.24, 2.45) is 0 Å². The van der Waals surface area contributed by atoms with Gasteiger partial charge in [0.15, 0.2) is 0 Å². The quantitative estimate of drug-likeness (QED) is 0.614. The molecule has 0 spiro atoms. The van der Waals surface area contributed by atoms with E-state index >= 15 is 0 Å². The average Bonchev–Trinajstić information content (AvgIpc) is 2.01. The highest BCUT2D eigenvalue weighted by Crippen LogP contribution is 2.29. The fourth-order valence-electron chi connectivity index (χ4n) is 2.34. The molecule has 0 aromatic carbocycles. The summed E-state index contributed by atoms with van der Waals surface area (Å²) < 4.78 is 29.9. The standard InChI is InChI=1S/C8H15NO3S/c1-13(10,11)9-7-3-2-4-8(9)6-12-5-7/h7-8H,2-6H2,1H3. The topological polar surface area (TPSA) is 46.6 Å². The van der Waals surface area contributed by atoms with Gasteiger partial charge in [0, 0.05) is 12.1 Å². The lowest BCUT2D eigenvalue weighted by atomic mass is 9.98. The summed E-state index contributed by atoms with van der Waals surface area (Å²) in [7, 11) is -3.03. The molecular weight excluding hydrogens is 190 g/mol. The summed E-state index contributed by atoms with van der Waals surface area (Å²) >= 11 is 0. The number of piperidine rings is 1. The van der Waals surface area contributed by atoms with Crippen molar-refractivity contribution in [1.29, 1.82) is 0 Å². The maximum Gasteiger partial charge on any atom is 0.211 e. The summed E-state index contributed by atoms with van der Waals surface area (Å²) in [6.45, 7) is 1.15. The highest BCUT2D eigenvalue weighted by atomic mass is 32.2. The Kier molecular flexibility index (Phi) is 2.33. The van der Waals surface area contributed by atoms with Gasteiger partial charge in [0.25, 0.3) is 0 Å². The van der Waals surface area contributed by atoms with Gasteiger partial charge < -0.3 is 4.74 Å². The van der Waals surface area contributed by atoms with Crippen molar-refractivity contribution in [3.8, 4) is 0 Å². The highest BCUT2D eigenvalue weighted by Gasteiger charge is 2.39. The molecule has 0 aromatic rings. The van der Waals surface area contributed by atoms with Crippen LogP contribution in [0.15, 0.2) is 0 Å². The Bertz CT molecular complexity index is 266. The van der Waals surface area contributed by atoms with Crippen LogP contribution in [0.25, 0.3) is 0 Å². The predicted molar refractivity (Wildman–Crippen MR) is 48.9 cm³/mol. The van der Waals surface area contributed by atoms with Gasteiger partial charge in [-0.2, -0.15) is 4.31 Å². The summed E-state index contributed by atoms with van der Waals surface area (Å²) in [6.07, 6.45) is 4.32. The maximum absolute atomic E-state index is 11.5. The van der Waals surface area contributed by atoms with E-state index < -0.39 is 10.0 Å². The second kappa shape index (κ2) is 3.22. The van der Waals surface area contributed by atoms with Crippen molar-refractivity contribution in [1.82, 2.24) is 4.31 Å². The second-order valence-electron chi connectivity index (χ2n) is 3.87. The number of morpholine rings is 1. The smallest absolute Gasteiger partial charge is 0.211 e. The van der Waals surface area contributed by atoms with Crippen LogP contribution in [0.5, 0.6) is 0 Å². The monoisotopic (exact) mass is 205 g/mol. The van der Waals surface area contributed by atoms with Crippen LogP contribution < -0.4 is 0 Å². The first kappa shape index (κ1) is 9.43. The summed E-state index contributed by atoms with van der Waals surface area (Å²) in [6, 6.07) is 0.199. The van der Waals surface area contributed by atoms with Crippen LogP contribution in [-0.2, 0) is 14.8 Å².